The number of nitrogens with zero attached hydrogens (tertiary/aromatic N) is 2. The molecule has 0 aromatic carbocycles. The van der Waals surface area contributed by atoms with Gasteiger partial charge in [-0.2, -0.15) is 0 Å². The number of carboxylic acids is 1. The molecule has 5 heteroatoms. The molecule has 1 aliphatic heterocycles. The van der Waals surface area contributed by atoms with Crippen LogP contribution in [0.25, 0.3) is 0 Å². The number of hydrogen-bond acceptors (Lipinski definition) is 4. The van der Waals surface area contributed by atoms with Gasteiger partial charge in [0.05, 0.1) is 13.0 Å². The van der Waals surface area contributed by atoms with Crippen molar-refractivity contribution in [2.24, 2.45) is 5.92 Å². The SMILES string of the molecule is CC(C)COCCN1CCN(CCC(=O)O)CC1. The average Bonchev–Trinajstić information content (AvgIpc) is 2.33. The standard InChI is InChI=1S/C13H26N2O3/c1-12(2)11-18-10-9-15-7-5-14(6-8-15)4-3-13(16)17/h12H,3-11H2,1-2H3,(H,16,17). The summed E-state index contributed by atoms with van der Waals surface area (Å²) in [5, 5.41) is 8.63. The fourth-order valence-electron chi connectivity index (χ4n) is 2.00. The summed E-state index contributed by atoms with van der Waals surface area (Å²) in [6, 6.07) is 0. The van der Waals surface area contributed by atoms with E-state index in [2.05, 4.69) is 23.6 Å². The van der Waals surface area contributed by atoms with Crippen molar-refractivity contribution in [3.63, 3.8) is 0 Å². The Labute approximate surface area is 110 Å². The van der Waals surface area contributed by atoms with E-state index in [1.165, 1.54) is 0 Å². The minimum absolute atomic E-state index is 0.248. The third kappa shape index (κ3) is 6.93. The molecule has 1 heterocycles. The summed E-state index contributed by atoms with van der Waals surface area (Å²) < 4.78 is 5.57. The van der Waals surface area contributed by atoms with E-state index in [1.54, 1.807) is 0 Å². The normalized spacial score (nSPS) is 18.4. The first-order valence-corrected chi connectivity index (χ1v) is 6.82. The molecule has 0 radical (unpaired) electrons. The van der Waals surface area contributed by atoms with Crippen LogP contribution in [0.5, 0.6) is 0 Å². The highest BCUT2D eigenvalue weighted by atomic mass is 16.5. The van der Waals surface area contributed by atoms with Gasteiger partial charge in [0.15, 0.2) is 0 Å². The highest BCUT2D eigenvalue weighted by molar-refractivity contribution is 5.66. The lowest BCUT2D eigenvalue weighted by Crippen LogP contribution is -2.47. The van der Waals surface area contributed by atoms with Gasteiger partial charge in [0.2, 0.25) is 0 Å². The van der Waals surface area contributed by atoms with E-state index in [9.17, 15) is 4.79 Å². The van der Waals surface area contributed by atoms with Gasteiger partial charge < -0.3 is 14.7 Å². The van der Waals surface area contributed by atoms with Crippen LogP contribution in [0.1, 0.15) is 20.3 Å². The zero-order valence-electron chi connectivity index (χ0n) is 11.6. The van der Waals surface area contributed by atoms with E-state index in [-0.39, 0.29) is 6.42 Å². The Hall–Kier alpha value is -0.650. The van der Waals surface area contributed by atoms with Crippen LogP contribution in [-0.2, 0) is 9.53 Å². The highest BCUT2D eigenvalue weighted by Crippen LogP contribution is 2.02. The largest absolute Gasteiger partial charge is 0.481 e. The number of ether oxygens (including phenoxy) is 1. The van der Waals surface area contributed by atoms with Gasteiger partial charge in [-0.05, 0) is 5.92 Å². The van der Waals surface area contributed by atoms with Crippen LogP contribution in [0.2, 0.25) is 0 Å². The number of piperazine rings is 1. The smallest absolute Gasteiger partial charge is 0.304 e. The Kier molecular flexibility index (Phi) is 7.23. The molecule has 0 bridgehead atoms. The lowest BCUT2D eigenvalue weighted by Gasteiger charge is -2.34. The van der Waals surface area contributed by atoms with Gasteiger partial charge in [-0.3, -0.25) is 9.69 Å². The zero-order chi connectivity index (χ0) is 13.4. The maximum Gasteiger partial charge on any atom is 0.304 e. The maximum atomic E-state index is 10.5. The van der Waals surface area contributed by atoms with Crippen LogP contribution in [0.4, 0.5) is 0 Å². The first-order chi connectivity index (χ1) is 8.58. The van der Waals surface area contributed by atoms with Crippen molar-refractivity contribution < 1.29 is 14.6 Å². The average molecular weight is 258 g/mol. The van der Waals surface area contributed by atoms with Crippen molar-refractivity contribution in [3.05, 3.63) is 0 Å². The van der Waals surface area contributed by atoms with Crippen molar-refractivity contribution >= 4 is 5.97 Å². The van der Waals surface area contributed by atoms with E-state index in [0.717, 1.165) is 45.9 Å². The molecular weight excluding hydrogens is 232 g/mol. The molecule has 0 saturated carbocycles. The lowest BCUT2D eigenvalue weighted by molar-refractivity contribution is -0.137. The molecule has 0 aromatic rings. The molecule has 0 aliphatic carbocycles. The summed E-state index contributed by atoms with van der Waals surface area (Å²) in [6.07, 6.45) is 0.248. The predicted octanol–water partition coefficient (Wildman–Crippen LogP) is 0.751. The van der Waals surface area contributed by atoms with Crippen molar-refractivity contribution in [1.29, 1.82) is 0 Å². The number of hydrogen-bond donors (Lipinski definition) is 1. The van der Waals surface area contributed by atoms with Crippen molar-refractivity contribution in [2.75, 3.05) is 52.5 Å². The summed E-state index contributed by atoms with van der Waals surface area (Å²) in [5.41, 5.74) is 0. The topological polar surface area (TPSA) is 53.0 Å². The summed E-state index contributed by atoms with van der Waals surface area (Å²) in [7, 11) is 0. The molecule has 0 atom stereocenters. The van der Waals surface area contributed by atoms with Crippen LogP contribution in [0, 0.1) is 5.92 Å². The van der Waals surface area contributed by atoms with Gasteiger partial charge in [0.1, 0.15) is 0 Å². The second-order valence-electron chi connectivity index (χ2n) is 5.30. The maximum absolute atomic E-state index is 10.5. The van der Waals surface area contributed by atoms with Gasteiger partial charge in [0.25, 0.3) is 0 Å². The van der Waals surface area contributed by atoms with Crippen molar-refractivity contribution in [1.82, 2.24) is 9.80 Å². The first-order valence-electron chi connectivity index (χ1n) is 6.82. The molecule has 0 aromatic heterocycles. The Balaban J connectivity index is 2.03. The lowest BCUT2D eigenvalue weighted by atomic mass is 10.2. The molecule has 106 valence electrons. The molecule has 0 spiro atoms. The molecule has 0 unspecified atom stereocenters. The predicted molar refractivity (Wildman–Crippen MR) is 70.8 cm³/mol. The molecule has 0 amide bonds. The second kappa shape index (κ2) is 8.45. The van der Waals surface area contributed by atoms with Gasteiger partial charge in [-0.1, -0.05) is 13.8 Å². The molecule has 18 heavy (non-hydrogen) atoms. The number of carbonyl (C=O) groups is 1. The molecule has 5 nitrogen and oxygen atoms in total. The van der Waals surface area contributed by atoms with Crippen LogP contribution in [-0.4, -0.2) is 73.4 Å². The number of carboxylic acid groups (broad SMARTS) is 1. The van der Waals surface area contributed by atoms with Gasteiger partial charge in [-0.15, -0.1) is 0 Å². The van der Waals surface area contributed by atoms with Crippen LogP contribution in [0.15, 0.2) is 0 Å². The van der Waals surface area contributed by atoms with Crippen LogP contribution >= 0.6 is 0 Å². The molecule has 1 rings (SSSR count). The third-order valence-electron chi connectivity index (χ3n) is 3.11. The Morgan fingerprint density at radius 3 is 2.22 bits per heavy atom. The number of aliphatic carboxylic acids is 1. The van der Waals surface area contributed by atoms with E-state index in [4.69, 9.17) is 9.84 Å². The summed E-state index contributed by atoms with van der Waals surface area (Å²) in [5.74, 6) is -0.114. The van der Waals surface area contributed by atoms with Gasteiger partial charge in [-0.25, -0.2) is 0 Å². The van der Waals surface area contributed by atoms with Gasteiger partial charge >= 0.3 is 5.97 Å². The Morgan fingerprint density at radius 1 is 1.17 bits per heavy atom. The monoisotopic (exact) mass is 258 g/mol. The fourth-order valence-corrected chi connectivity index (χ4v) is 2.00. The molecular formula is C13H26N2O3. The van der Waals surface area contributed by atoms with E-state index in [0.29, 0.717) is 12.5 Å². The zero-order valence-corrected chi connectivity index (χ0v) is 11.6. The third-order valence-corrected chi connectivity index (χ3v) is 3.11. The second-order valence-corrected chi connectivity index (χ2v) is 5.30. The molecule has 1 N–H and O–H groups in total. The first kappa shape index (κ1) is 15.4. The minimum Gasteiger partial charge on any atom is -0.481 e. The molecule has 1 saturated heterocycles. The molecule has 1 fully saturated rings. The Bertz CT molecular complexity index is 238. The van der Waals surface area contributed by atoms with E-state index >= 15 is 0 Å². The Morgan fingerprint density at radius 2 is 1.72 bits per heavy atom. The van der Waals surface area contributed by atoms with Gasteiger partial charge in [0, 0.05) is 45.9 Å². The highest BCUT2D eigenvalue weighted by Gasteiger charge is 2.16. The quantitative estimate of drug-likeness (QED) is 0.651. The van der Waals surface area contributed by atoms with E-state index in [1.807, 2.05) is 0 Å². The summed E-state index contributed by atoms with van der Waals surface area (Å²) >= 11 is 0. The minimum atomic E-state index is -0.709. The van der Waals surface area contributed by atoms with Crippen molar-refractivity contribution in [3.8, 4) is 0 Å². The van der Waals surface area contributed by atoms with Crippen LogP contribution in [0.3, 0.4) is 0 Å². The fraction of sp³-hybridized carbons (Fsp3) is 0.923. The summed E-state index contributed by atoms with van der Waals surface area (Å²) in [4.78, 5) is 15.1. The molecule has 1 aliphatic rings. The number of rotatable bonds is 8. The van der Waals surface area contributed by atoms with E-state index < -0.39 is 5.97 Å². The van der Waals surface area contributed by atoms with Crippen LogP contribution < -0.4 is 0 Å². The summed E-state index contributed by atoms with van der Waals surface area (Å²) in [6.45, 7) is 11.6. The van der Waals surface area contributed by atoms with Crippen molar-refractivity contribution in [2.45, 2.75) is 20.3 Å².